The topological polar surface area (TPSA) is 132 Å². The van der Waals surface area contributed by atoms with Crippen LogP contribution in [0.2, 0.25) is 0 Å². The Bertz CT molecular complexity index is 2130. The Labute approximate surface area is 302 Å². The molecule has 4 atom stereocenters. The van der Waals surface area contributed by atoms with Crippen molar-refractivity contribution in [2.24, 2.45) is 17.8 Å². The number of nitrogens with one attached hydrogen (secondary N) is 1. The van der Waals surface area contributed by atoms with Gasteiger partial charge < -0.3 is 25.4 Å². The SMILES string of the molecule is COCC1=C([C@H](O)CC/C(=C/c2ccc(O)c3ccccc23)c2ccccn2)[C@H](CO)[C@@H]2C(=O)N(c3ccc(Nc4ccccc4)cc3)C(=O)[C@@H]2C1. The van der Waals surface area contributed by atoms with Crippen molar-refractivity contribution in [1.82, 2.24) is 4.98 Å². The predicted octanol–water partition coefficient (Wildman–Crippen LogP) is 7.13. The zero-order valence-corrected chi connectivity index (χ0v) is 28.9. The highest BCUT2D eigenvalue weighted by atomic mass is 16.5. The molecule has 52 heavy (non-hydrogen) atoms. The van der Waals surface area contributed by atoms with Crippen LogP contribution in [-0.4, -0.2) is 58.5 Å². The van der Waals surface area contributed by atoms with Crippen LogP contribution in [0.3, 0.4) is 0 Å². The van der Waals surface area contributed by atoms with Crippen LogP contribution >= 0.6 is 0 Å². The van der Waals surface area contributed by atoms with E-state index in [0.717, 1.165) is 44.6 Å². The number of methoxy groups -OCH3 is 1. The number of phenols is 1. The number of hydrogen-bond acceptors (Lipinski definition) is 8. The highest BCUT2D eigenvalue weighted by molar-refractivity contribution is 6.22. The average molecular weight is 696 g/mol. The lowest BCUT2D eigenvalue weighted by Gasteiger charge is -2.36. The second-order valence-corrected chi connectivity index (χ2v) is 13.3. The first-order chi connectivity index (χ1) is 25.4. The van der Waals surface area contributed by atoms with E-state index < -0.39 is 30.5 Å². The number of aliphatic hydroxyl groups excluding tert-OH is 2. The molecule has 0 spiro atoms. The van der Waals surface area contributed by atoms with E-state index in [2.05, 4.69) is 10.3 Å². The molecule has 1 aliphatic carbocycles. The van der Waals surface area contributed by atoms with Crippen molar-refractivity contribution < 1.29 is 29.6 Å². The molecule has 7 rings (SSSR count). The minimum absolute atomic E-state index is 0.163. The summed E-state index contributed by atoms with van der Waals surface area (Å²) in [7, 11) is 1.56. The highest BCUT2D eigenvalue weighted by Crippen LogP contribution is 2.47. The number of benzene rings is 4. The molecule has 9 nitrogen and oxygen atoms in total. The fourth-order valence-corrected chi connectivity index (χ4v) is 7.80. The van der Waals surface area contributed by atoms with Crippen molar-refractivity contribution in [2.75, 3.05) is 30.5 Å². The normalized spacial score (nSPS) is 19.6. The van der Waals surface area contributed by atoms with Crippen molar-refractivity contribution >= 4 is 51.3 Å². The van der Waals surface area contributed by atoms with Crippen LogP contribution in [0.4, 0.5) is 17.1 Å². The number of imide groups is 1. The first-order valence-corrected chi connectivity index (χ1v) is 17.5. The molecule has 1 aromatic heterocycles. The summed E-state index contributed by atoms with van der Waals surface area (Å²) in [6.45, 7) is -0.244. The number of nitrogens with zero attached hydrogens (tertiary/aromatic N) is 2. The van der Waals surface area contributed by atoms with E-state index >= 15 is 0 Å². The van der Waals surface area contributed by atoms with Gasteiger partial charge in [0.15, 0.2) is 0 Å². The maximum atomic E-state index is 14.1. The van der Waals surface area contributed by atoms with Gasteiger partial charge in [-0.1, -0.05) is 54.6 Å². The maximum absolute atomic E-state index is 14.1. The molecule has 2 aliphatic rings. The number of para-hydroxylation sites is 1. The minimum Gasteiger partial charge on any atom is -0.507 e. The van der Waals surface area contributed by atoms with Crippen molar-refractivity contribution in [1.29, 1.82) is 0 Å². The lowest BCUT2D eigenvalue weighted by Crippen LogP contribution is -2.39. The van der Waals surface area contributed by atoms with E-state index in [1.165, 1.54) is 4.90 Å². The van der Waals surface area contributed by atoms with Crippen LogP contribution in [0.15, 0.2) is 127 Å². The number of rotatable bonds is 12. The lowest BCUT2D eigenvalue weighted by molar-refractivity contribution is -0.123. The van der Waals surface area contributed by atoms with Crippen LogP contribution in [0.1, 0.15) is 30.5 Å². The van der Waals surface area contributed by atoms with E-state index in [4.69, 9.17) is 4.74 Å². The number of amides is 2. The predicted molar refractivity (Wildman–Crippen MR) is 203 cm³/mol. The Morgan fingerprint density at radius 3 is 2.33 bits per heavy atom. The molecule has 2 heterocycles. The third-order valence-electron chi connectivity index (χ3n) is 10.2. The van der Waals surface area contributed by atoms with Gasteiger partial charge in [-0.15, -0.1) is 0 Å². The van der Waals surface area contributed by atoms with Gasteiger partial charge in [-0.2, -0.15) is 0 Å². The van der Waals surface area contributed by atoms with Gasteiger partial charge in [0.25, 0.3) is 0 Å². The number of fused-ring (bicyclic) bond motifs is 2. The number of allylic oxidation sites excluding steroid dienone is 1. The fraction of sp³-hybridized carbons (Fsp3) is 0.233. The summed E-state index contributed by atoms with van der Waals surface area (Å²) in [5, 5.41) is 38.2. The number of phenolic OH excluding ortho intramolecular Hbond substituents is 1. The van der Waals surface area contributed by atoms with Gasteiger partial charge in [0.1, 0.15) is 5.75 Å². The number of hydrogen-bond donors (Lipinski definition) is 4. The third-order valence-corrected chi connectivity index (χ3v) is 10.2. The molecule has 4 N–H and O–H groups in total. The molecule has 9 heteroatoms. The molecule has 0 saturated carbocycles. The number of pyridine rings is 1. The summed E-state index contributed by atoms with van der Waals surface area (Å²) in [5.74, 6) is -2.77. The van der Waals surface area contributed by atoms with E-state index in [9.17, 15) is 24.9 Å². The molecular weight excluding hydrogens is 654 g/mol. The summed E-state index contributed by atoms with van der Waals surface area (Å²) in [6.07, 6.45) is 3.67. The van der Waals surface area contributed by atoms with Crippen LogP contribution in [0.25, 0.3) is 22.4 Å². The van der Waals surface area contributed by atoms with Gasteiger partial charge >= 0.3 is 0 Å². The van der Waals surface area contributed by atoms with Crippen LogP contribution in [0.5, 0.6) is 5.75 Å². The average Bonchev–Trinajstić information content (AvgIpc) is 3.43. The first kappa shape index (κ1) is 34.8. The number of anilines is 3. The van der Waals surface area contributed by atoms with Crippen molar-refractivity contribution in [3.63, 3.8) is 0 Å². The van der Waals surface area contributed by atoms with Gasteiger partial charge in [0.2, 0.25) is 11.8 Å². The summed E-state index contributed by atoms with van der Waals surface area (Å²) in [5.41, 5.74) is 6.00. The summed E-state index contributed by atoms with van der Waals surface area (Å²) in [4.78, 5) is 33.9. The molecule has 1 aliphatic heterocycles. The molecule has 0 unspecified atom stereocenters. The van der Waals surface area contributed by atoms with Crippen LogP contribution in [0, 0.1) is 17.8 Å². The number of aromatic hydroxyl groups is 1. The first-order valence-electron chi connectivity index (χ1n) is 17.5. The smallest absolute Gasteiger partial charge is 0.238 e. The molecule has 1 fully saturated rings. The number of aromatic nitrogens is 1. The zero-order chi connectivity index (χ0) is 36.2. The maximum Gasteiger partial charge on any atom is 0.238 e. The quantitative estimate of drug-likeness (QED) is 0.0801. The van der Waals surface area contributed by atoms with Gasteiger partial charge in [-0.25, -0.2) is 0 Å². The Hall–Kier alpha value is -5.61. The van der Waals surface area contributed by atoms with Crippen LogP contribution < -0.4 is 10.2 Å². The van der Waals surface area contributed by atoms with Crippen molar-refractivity contribution in [3.8, 4) is 5.75 Å². The molecule has 264 valence electrons. The van der Waals surface area contributed by atoms with E-state index in [-0.39, 0.29) is 37.0 Å². The highest BCUT2D eigenvalue weighted by Gasteiger charge is 2.55. The molecule has 4 aromatic carbocycles. The Kier molecular flexibility index (Phi) is 10.3. The standard InChI is InChI=1S/C43H41N3O6/c1-52-26-29-24-35-41(43(51)46(42(35)50)32-18-16-31(17-19-32)45-30-9-3-2-4-10-30)36(25-47)40(29)39(49)21-15-28(37-13-7-8-22-44-37)23-27-14-20-38(48)34-12-6-5-11-33(27)34/h2-14,16-20,22-23,35-36,39,41,45,47-49H,15,21,24-26H2,1H3/b28-23-/t35-,36+,39-,41-/m1/s1. The van der Waals surface area contributed by atoms with E-state index in [0.29, 0.717) is 17.7 Å². The van der Waals surface area contributed by atoms with E-state index in [1.54, 1.807) is 31.5 Å². The Morgan fingerprint density at radius 2 is 1.62 bits per heavy atom. The number of carbonyl (C=O) groups is 2. The van der Waals surface area contributed by atoms with Crippen molar-refractivity contribution in [2.45, 2.75) is 25.4 Å². The minimum atomic E-state index is -1.02. The summed E-state index contributed by atoms with van der Waals surface area (Å²) in [6, 6.07) is 33.7. The Morgan fingerprint density at radius 1 is 0.904 bits per heavy atom. The van der Waals surface area contributed by atoms with Crippen molar-refractivity contribution in [3.05, 3.63) is 138 Å². The van der Waals surface area contributed by atoms with E-state index in [1.807, 2.05) is 97.1 Å². The summed E-state index contributed by atoms with van der Waals surface area (Å²) < 4.78 is 5.55. The monoisotopic (exact) mass is 695 g/mol. The van der Waals surface area contributed by atoms with Gasteiger partial charge in [-0.3, -0.25) is 19.5 Å². The number of carbonyl (C=O) groups excluding carboxylic acids is 2. The molecule has 2 amide bonds. The molecule has 5 aromatic rings. The van der Waals surface area contributed by atoms with Gasteiger partial charge in [0, 0.05) is 36.0 Å². The lowest BCUT2D eigenvalue weighted by atomic mass is 9.68. The molecular formula is C43H41N3O6. The van der Waals surface area contributed by atoms with Crippen LogP contribution in [-0.2, 0) is 14.3 Å². The fourth-order valence-electron chi connectivity index (χ4n) is 7.80. The second-order valence-electron chi connectivity index (χ2n) is 13.3. The second kappa shape index (κ2) is 15.3. The van der Waals surface area contributed by atoms with Gasteiger partial charge in [0.05, 0.1) is 42.5 Å². The zero-order valence-electron chi connectivity index (χ0n) is 28.9. The number of aliphatic hydroxyl groups is 2. The number of ether oxygens (including phenoxy) is 1. The summed E-state index contributed by atoms with van der Waals surface area (Å²) >= 11 is 0. The third kappa shape index (κ3) is 6.86. The largest absolute Gasteiger partial charge is 0.507 e. The molecule has 1 saturated heterocycles. The molecule has 0 bridgehead atoms. The van der Waals surface area contributed by atoms with Gasteiger partial charge in [-0.05, 0) is 108 Å². The molecule has 0 radical (unpaired) electrons. The Balaban J connectivity index is 1.15.